The highest BCUT2D eigenvalue weighted by Gasteiger charge is 2.25. The zero-order valence-electron chi connectivity index (χ0n) is 15.0. The lowest BCUT2D eigenvalue weighted by Gasteiger charge is -2.36. The first-order valence-corrected chi connectivity index (χ1v) is 8.41. The van der Waals surface area contributed by atoms with Crippen LogP contribution in [0.25, 0.3) is 10.8 Å². The van der Waals surface area contributed by atoms with Crippen LogP contribution in [-0.4, -0.2) is 61.6 Å². The highest BCUT2D eigenvalue weighted by Crippen LogP contribution is 2.20. The lowest BCUT2D eigenvalue weighted by Crippen LogP contribution is -2.53. The first kappa shape index (κ1) is 22.7. The molecule has 1 aliphatic heterocycles. The Labute approximate surface area is 167 Å². The Bertz CT molecular complexity index is 701. The summed E-state index contributed by atoms with van der Waals surface area (Å²) >= 11 is 0. The van der Waals surface area contributed by atoms with Gasteiger partial charge in [0.1, 0.15) is 6.04 Å². The van der Waals surface area contributed by atoms with Gasteiger partial charge >= 0.3 is 0 Å². The van der Waals surface area contributed by atoms with Crippen LogP contribution in [0.3, 0.4) is 0 Å². The Hall–Kier alpha value is -1.37. The van der Waals surface area contributed by atoms with E-state index >= 15 is 0 Å². The maximum absolute atomic E-state index is 12.2. The summed E-state index contributed by atoms with van der Waals surface area (Å²) in [7, 11) is 1.56. The van der Waals surface area contributed by atoms with E-state index in [-0.39, 0.29) is 37.3 Å². The fourth-order valence-electron chi connectivity index (χ4n) is 3.28. The van der Waals surface area contributed by atoms with Crippen LogP contribution >= 0.6 is 24.8 Å². The highest BCUT2D eigenvalue weighted by molar-refractivity contribution is 5.86. The van der Waals surface area contributed by atoms with Crippen LogP contribution < -0.4 is 5.73 Å². The Morgan fingerprint density at radius 2 is 1.73 bits per heavy atom. The van der Waals surface area contributed by atoms with E-state index in [4.69, 9.17) is 10.5 Å². The predicted molar refractivity (Wildman–Crippen MR) is 110 cm³/mol. The molecule has 2 N–H and O–H groups in total. The molecule has 1 atom stereocenters. The summed E-state index contributed by atoms with van der Waals surface area (Å²) in [4.78, 5) is 16.5. The number of methoxy groups -OCH3 is 1. The van der Waals surface area contributed by atoms with Crippen LogP contribution in [0.2, 0.25) is 0 Å². The van der Waals surface area contributed by atoms with Crippen molar-refractivity contribution in [2.75, 3.05) is 39.9 Å². The predicted octanol–water partition coefficient (Wildman–Crippen LogP) is 2.30. The van der Waals surface area contributed by atoms with Crippen molar-refractivity contribution >= 4 is 41.5 Å². The number of nitrogens with zero attached hydrogens (tertiary/aromatic N) is 2. The largest absolute Gasteiger partial charge is 0.383 e. The van der Waals surface area contributed by atoms with Gasteiger partial charge in [-0.25, -0.2) is 0 Å². The van der Waals surface area contributed by atoms with E-state index in [0.717, 1.165) is 32.7 Å². The van der Waals surface area contributed by atoms with E-state index in [0.29, 0.717) is 0 Å². The van der Waals surface area contributed by atoms with Gasteiger partial charge in [0.05, 0.1) is 6.61 Å². The highest BCUT2D eigenvalue weighted by atomic mass is 35.5. The zero-order valence-corrected chi connectivity index (χ0v) is 16.6. The molecule has 1 unspecified atom stereocenters. The van der Waals surface area contributed by atoms with Crippen molar-refractivity contribution in [1.82, 2.24) is 9.80 Å². The van der Waals surface area contributed by atoms with E-state index in [1.807, 2.05) is 4.90 Å². The number of ether oxygens (including phenoxy) is 1. The van der Waals surface area contributed by atoms with E-state index in [1.54, 1.807) is 7.11 Å². The summed E-state index contributed by atoms with van der Waals surface area (Å²) in [6, 6.07) is 14.4. The molecule has 0 saturated carbocycles. The third-order valence-corrected chi connectivity index (χ3v) is 4.62. The number of hydrogen-bond acceptors (Lipinski definition) is 4. The monoisotopic (exact) mass is 399 g/mol. The molecular weight excluding hydrogens is 373 g/mol. The van der Waals surface area contributed by atoms with Crippen LogP contribution in [0.5, 0.6) is 0 Å². The summed E-state index contributed by atoms with van der Waals surface area (Å²) in [6.45, 7) is 4.37. The van der Waals surface area contributed by atoms with Crippen molar-refractivity contribution in [3.05, 3.63) is 48.0 Å². The Morgan fingerprint density at radius 3 is 2.42 bits per heavy atom. The number of rotatable bonds is 5. The molecule has 5 nitrogen and oxygen atoms in total. The molecule has 0 radical (unpaired) electrons. The van der Waals surface area contributed by atoms with Gasteiger partial charge in [0.15, 0.2) is 0 Å². The van der Waals surface area contributed by atoms with Crippen molar-refractivity contribution in [3.63, 3.8) is 0 Å². The number of piperazine rings is 1. The minimum atomic E-state index is -0.556. The number of hydrogen-bond donors (Lipinski definition) is 1. The average molecular weight is 400 g/mol. The Kier molecular flexibility index (Phi) is 9.33. The fourth-order valence-corrected chi connectivity index (χ4v) is 3.28. The van der Waals surface area contributed by atoms with Gasteiger partial charge in [-0.05, 0) is 16.3 Å². The molecule has 0 spiro atoms. The molecule has 3 rings (SSSR count). The minimum absolute atomic E-state index is 0. The van der Waals surface area contributed by atoms with E-state index in [9.17, 15) is 4.79 Å². The summed E-state index contributed by atoms with van der Waals surface area (Å²) in [6.07, 6.45) is 0. The molecule has 26 heavy (non-hydrogen) atoms. The van der Waals surface area contributed by atoms with Crippen LogP contribution in [0.1, 0.15) is 5.56 Å². The molecule has 0 aliphatic carbocycles. The number of fused-ring (bicyclic) bond motifs is 1. The van der Waals surface area contributed by atoms with Gasteiger partial charge in [-0.1, -0.05) is 42.5 Å². The quantitative estimate of drug-likeness (QED) is 0.837. The minimum Gasteiger partial charge on any atom is -0.383 e. The number of carbonyl (C=O) groups is 1. The van der Waals surface area contributed by atoms with Crippen molar-refractivity contribution in [2.45, 2.75) is 12.6 Å². The van der Waals surface area contributed by atoms with Gasteiger partial charge in [0.25, 0.3) is 0 Å². The lowest BCUT2D eigenvalue weighted by molar-refractivity contribution is -0.135. The van der Waals surface area contributed by atoms with Gasteiger partial charge in [-0.3, -0.25) is 9.69 Å². The summed E-state index contributed by atoms with van der Waals surface area (Å²) in [5, 5.41) is 2.58. The van der Waals surface area contributed by atoms with Crippen LogP contribution in [0.4, 0.5) is 0 Å². The average Bonchev–Trinajstić information content (AvgIpc) is 2.62. The SMILES string of the molecule is COCC(N)C(=O)N1CCN(Cc2cccc3ccccc23)CC1.Cl.Cl. The van der Waals surface area contributed by atoms with Gasteiger partial charge in [-0.15, -0.1) is 24.8 Å². The molecule has 7 heteroatoms. The lowest BCUT2D eigenvalue weighted by atomic mass is 10.0. The first-order valence-electron chi connectivity index (χ1n) is 8.41. The molecule has 0 bridgehead atoms. The number of carbonyl (C=O) groups excluding carboxylic acids is 1. The maximum Gasteiger partial charge on any atom is 0.241 e. The second-order valence-corrected chi connectivity index (χ2v) is 6.30. The van der Waals surface area contributed by atoms with Gasteiger partial charge in [-0.2, -0.15) is 0 Å². The topological polar surface area (TPSA) is 58.8 Å². The maximum atomic E-state index is 12.2. The summed E-state index contributed by atoms with van der Waals surface area (Å²) in [5.41, 5.74) is 7.19. The second-order valence-electron chi connectivity index (χ2n) is 6.30. The third kappa shape index (κ3) is 5.32. The molecular formula is C19H27Cl2N3O2. The molecule has 1 fully saturated rings. The molecule has 0 aromatic heterocycles. The van der Waals surface area contributed by atoms with E-state index in [2.05, 4.69) is 47.4 Å². The van der Waals surface area contributed by atoms with E-state index < -0.39 is 6.04 Å². The number of halogens is 2. The second kappa shape index (κ2) is 10.7. The number of nitrogens with two attached hydrogens (primary N) is 1. The third-order valence-electron chi connectivity index (χ3n) is 4.62. The van der Waals surface area contributed by atoms with Crippen molar-refractivity contribution < 1.29 is 9.53 Å². The first-order chi connectivity index (χ1) is 11.7. The van der Waals surface area contributed by atoms with Gasteiger partial charge < -0.3 is 15.4 Å². The molecule has 2 aromatic rings. The molecule has 2 aromatic carbocycles. The molecule has 1 aliphatic rings. The van der Waals surface area contributed by atoms with Crippen LogP contribution in [0.15, 0.2) is 42.5 Å². The summed E-state index contributed by atoms with van der Waals surface area (Å²) in [5.74, 6) is -0.0124. The summed E-state index contributed by atoms with van der Waals surface area (Å²) < 4.78 is 4.97. The molecule has 144 valence electrons. The van der Waals surface area contributed by atoms with Gasteiger partial charge in [0.2, 0.25) is 5.91 Å². The smallest absolute Gasteiger partial charge is 0.241 e. The Morgan fingerprint density at radius 1 is 1.08 bits per heavy atom. The molecule has 1 heterocycles. The number of amides is 1. The Balaban J connectivity index is 0.00000169. The van der Waals surface area contributed by atoms with E-state index in [1.165, 1.54) is 16.3 Å². The normalized spacial score (nSPS) is 15.8. The molecule has 1 saturated heterocycles. The van der Waals surface area contributed by atoms with Crippen LogP contribution in [0, 0.1) is 0 Å². The van der Waals surface area contributed by atoms with Crippen molar-refractivity contribution in [1.29, 1.82) is 0 Å². The van der Waals surface area contributed by atoms with Crippen molar-refractivity contribution in [3.8, 4) is 0 Å². The van der Waals surface area contributed by atoms with Gasteiger partial charge in [0, 0.05) is 39.8 Å². The molecule has 1 amide bonds. The van der Waals surface area contributed by atoms with Crippen molar-refractivity contribution in [2.24, 2.45) is 5.73 Å². The van der Waals surface area contributed by atoms with Crippen LogP contribution in [-0.2, 0) is 16.1 Å². The zero-order chi connectivity index (χ0) is 16.9. The number of benzene rings is 2. The fraction of sp³-hybridized carbons (Fsp3) is 0.421. The standard InChI is InChI=1S/C19H25N3O2.2ClH/c1-24-14-18(20)19(23)22-11-9-21(10-12-22)13-16-7-4-6-15-5-2-3-8-17(15)16;;/h2-8,18H,9-14,20H2,1H3;2*1H.